The zero-order valence-corrected chi connectivity index (χ0v) is 12.7. The van der Waals surface area contributed by atoms with E-state index in [0.29, 0.717) is 5.92 Å². The highest BCUT2D eigenvalue weighted by molar-refractivity contribution is 7.98. The molecule has 0 saturated heterocycles. The molecule has 0 heterocycles. The van der Waals surface area contributed by atoms with E-state index < -0.39 is 0 Å². The molecule has 0 aliphatic carbocycles. The summed E-state index contributed by atoms with van der Waals surface area (Å²) in [6.45, 7) is 9.23. The molecule has 0 bridgehead atoms. The van der Waals surface area contributed by atoms with Crippen LogP contribution in [0.5, 0.6) is 0 Å². The van der Waals surface area contributed by atoms with Gasteiger partial charge in [0.25, 0.3) is 0 Å². The highest BCUT2D eigenvalue weighted by Crippen LogP contribution is 2.03. The summed E-state index contributed by atoms with van der Waals surface area (Å²) in [4.78, 5) is 11.8. The molecule has 0 aliphatic heterocycles. The van der Waals surface area contributed by atoms with Crippen LogP contribution in [-0.2, 0) is 4.79 Å². The van der Waals surface area contributed by atoms with Gasteiger partial charge in [-0.2, -0.15) is 11.8 Å². The summed E-state index contributed by atoms with van der Waals surface area (Å²) in [6, 6.07) is 0.180. The first-order valence-electron chi connectivity index (χ1n) is 6.53. The number of nitrogens with one attached hydrogen (secondary N) is 2. The highest BCUT2D eigenvalue weighted by Gasteiger charge is 2.14. The van der Waals surface area contributed by atoms with Crippen molar-refractivity contribution in [3.63, 3.8) is 0 Å². The van der Waals surface area contributed by atoms with Gasteiger partial charge in [0.2, 0.25) is 5.91 Å². The van der Waals surface area contributed by atoms with Crippen LogP contribution in [-0.4, -0.2) is 36.5 Å². The van der Waals surface area contributed by atoms with Gasteiger partial charge in [-0.05, 0) is 44.7 Å². The van der Waals surface area contributed by atoms with E-state index in [1.807, 2.05) is 18.7 Å². The Labute approximate surface area is 111 Å². The van der Waals surface area contributed by atoms with Crippen molar-refractivity contribution in [1.29, 1.82) is 0 Å². The molecule has 17 heavy (non-hydrogen) atoms. The number of hydrogen-bond acceptors (Lipinski definition) is 3. The van der Waals surface area contributed by atoms with E-state index in [-0.39, 0.29) is 18.0 Å². The quantitative estimate of drug-likeness (QED) is 0.668. The number of carbonyl (C=O) groups is 1. The van der Waals surface area contributed by atoms with E-state index in [9.17, 15) is 4.79 Å². The summed E-state index contributed by atoms with van der Waals surface area (Å²) >= 11 is 1.85. The van der Waals surface area contributed by atoms with Crippen molar-refractivity contribution in [2.75, 3.05) is 18.6 Å². The van der Waals surface area contributed by atoms with Crippen LogP contribution in [0.25, 0.3) is 0 Å². The predicted molar refractivity (Wildman–Crippen MR) is 77.5 cm³/mol. The number of thioether (sulfide) groups is 1. The zero-order chi connectivity index (χ0) is 13.3. The molecule has 0 spiro atoms. The van der Waals surface area contributed by atoms with Crippen molar-refractivity contribution in [2.24, 2.45) is 5.92 Å². The van der Waals surface area contributed by atoms with Gasteiger partial charge in [0.1, 0.15) is 0 Å². The van der Waals surface area contributed by atoms with Gasteiger partial charge >= 0.3 is 0 Å². The lowest BCUT2D eigenvalue weighted by atomic mass is 10.1. The largest absolute Gasteiger partial charge is 0.352 e. The molecule has 0 saturated carbocycles. The van der Waals surface area contributed by atoms with Crippen LogP contribution in [0.4, 0.5) is 0 Å². The normalized spacial score (nSPS) is 16.3. The minimum atomic E-state index is -0.0985. The molecule has 0 aromatic rings. The molecule has 0 fully saturated rings. The fourth-order valence-electron chi connectivity index (χ4n) is 1.69. The molecule has 3 atom stereocenters. The van der Waals surface area contributed by atoms with Gasteiger partial charge in [0.15, 0.2) is 0 Å². The summed E-state index contributed by atoms with van der Waals surface area (Å²) in [5, 5.41) is 6.32. The molecule has 4 heteroatoms. The first-order chi connectivity index (χ1) is 8.01. The fourth-order valence-corrected chi connectivity index (χ4v) is 2.37. The van der Waals surface area contributed by atoms with E-state index in [1.54, 1.807) is 0 Å². The molecule has 0 aromatic heterocycles. The summed E-state index contributed by atoms with van der Waals surface area (Å²) in [7, 11) is 0. The Balaban J connectivity index is 3.81. The first kappa shape index (κ1) is 16.8. The van der Waals surface area contributed by atoms with Crippen molar-refractivity contribution in [1.82, 2.24) is 10.6 Å². The van der Waals surface area contributed by atoms with Crippen LogP contribution in [0.3, 0.4) is 0 Å². The van der Waals surface area contributed by atoms with Gasteiger partial charge in [-0.15, -0.1) is 0 Å². The number of carbonyl (C=O) groups excluding carboxylic acids is 1. The van der Waals surface area contributed by atoms with Crippen molar-refractivity contribution in [3.05, 3.63) is 0 Å². The van der Waals surface area contributed by atoms with Gasteiger partial charge in [-0.1, -0.05) is 20.3 Å². The van der Waals surface area contributed by atoms with Crippen LogP contribution in [0.15, 0.2) is 0 Å². The second-order valence-electron chi connectivity index (χ2n) is 4.89. The summed E-state index contributed by atoms with van der Waals surface area (Å²) in [6.07, 6.45) is 4.26. The van der Waals surface area contributed by atoms with Crippen LogP contribution < -0.4 is 10.6 Å². The molecule has 0 aromatic carbocycles. The Morgan fingerprint density at radius 1 is 1.29 bits per heavy atom. The Kier molecular flexibility index (Phi) is 9.65. The first-order valence-corrected chi connectivity index (χ1v) is 7.93. The van der Waals surface area contributed by atoms with Gasteiger partial charge in [-0.3, -0.25) is 4.79 Å². The van der Waals surface area contributed by atoms with Gasteiger partial charge in [0.05, 0.1) is 6.04 Å². The number of hydrogen-bond donors (Lipinski definition) is 2. The zero-order valence-electron chi connectivity index (χ0n) is 11.9. The van der Waals surface area contributed by atoms with Crippen molar-refractivity contribution in [3.8, 4) is 0 Å². The Hall–Kier alpha value is -0.220. The minimum Gasteiger partial charge on any atom is -0.352 e. The van der Waals surface area contributed by atoms with Gasteiger partial charge in [-0.25, -0.2) is 0 Å². The smallest absolute Gasteiger partial charge is 0.237 e. The standard InChI is InChI=1S/C13H28N2OS/c1-6-7-11(3)15-13(16)12(4)14-8-10(2)9-17-5/h10-12,14H,6-9H2,1-5H3,(H,15,16). The molecule has 1 amide bonds. The van der Waals surface area contributed by atoms with Gasteiger partial charge in [0, 0.05) is 6.04 Å². The highest BCUT2D eigenvalue weighted by atomic mass is 32.2. The topological polar surface area (TPSA) is 41.1 Å². The lowest BCUT2D eigenvalue weighted by molar-refractivity contribution is -0.123. The number of amides is 1. The van der Waals surface area contributed by atoms with Crippen LogP contribution in [0.1, 0.15) is 40.5 Å². The monoisotopic (exact) mass is 260 g/mol. The van der Waals surface area contributed by atoms with E-state index in [1.165, 1.54) is 0 Å². The fraction of sp³-hybridized carbons (Fsp3) is 0.923. The third kappa shape index (κ3) is 8.50. The second-order valence-corrected chi connectivity index (χ2v) is 5.80. The lowest BCUT2D eigenvalue weighted by Crippen LogP contribution is -2.46. The maximum Gasteiger partial charge on any atom is 0.237 e. The van der Waals surface area contributed by atoms with Crippen LogP contribution >= 0.6 is 11.8 Å². The molecule has 3 unspecified atom stereocenters. The molecule has 0 aliphatic rings. The van der Waals surface area contributed by atoms with Crippen molar-refractivity contribution >= 4 is 17.7 Å². The second kappa shape index (κ2) is 9.77. The Morgan fingerprint density at radius 3 is 2.47 bits per heavy atom. The van der Waals surface area contributed by atoms with E-state index in [0.717, 1.165) is 25.1 Å². The molecular weight excluding hydrogens is 232 g/mol. The van der Waals surface area contributed by atoms with E-state index in [2.05, 4.69) is 37.7 Å². The Morgan fingerprint density at radius 2 is 1.94 bits per heavy atom. The van der Waals surface area contributed by atoms with Gasteiger partial charge < -0.3 is 10.6 Å². The molecule has 0 radical (unpaired) electrons. The number of rotatable bonds is 9. The molecular formula is C13H28N2OS. The maximum absolute atomic E-state index is 11.8. The average molecular weight is 260 g/mol. The Bertz CT molecular complexity index is 212. The average Bonchev–Trinajstić information content (AvgIpc) is 2.26. The third-order valence-corrected chi connectivity index (χ3v) is 3.63. The predicted octanol–water partition coefficient (Wildman–Crippen LogP) is 2.27. The lowest BCUT2D eigenvalue weighted by Gasteiger charge is -2.19. The summed E-state index contributed by atoms with van der Waals surface area (Å²) < 4.78 is 0. The molecule has 0 rings (SSSR count). The molecule has 2 N–H and O–H groups in total. The van der Waals surface area contributed by atoms with Crippen LogP contribution in [0.2, 0.25) is 0 Å². The minimum absolute atomic E-state index is 0.0985. The van der Waals surface area contributed by atoms with E-state index in [4.69, 9.17) is 0 Å². The SMILES string of the molecule is CCCC(C)NC(=O)C(C)NCC(C)CSC. The maximum atomic E-state index is 11.8. The van der Waals surface area contributed by atoms with Crippen molar-refractivity contribution in [2.45, 2.75) is 52.6 Å². The van der Waals surface area contributed by atoms with Crippen LogP contribution in [0, 0.1) is 5.92 Å². The third-order valence-electron chi connectivity index (χ3n) is 2.73. The van der Waals surface area contributed by atoms with E-state index >= 15 is 0 Å². The van der Waals surface area contributed by atoms with Crippen molar-refractivity contribution < 1.29 is 4.79 Å². The summed E-state index contributed by atoms with van der Waals surface area (Å²) in [5.41, 5.74) is 0. The molecule has 102 valence electrons. The molecule has 3 nitrogen and oxygen atoms in total. The summed E-state index contributed by atoms with van der Waals surface area (Å²) in [5.74, 6) is 1.85.